The largest absolute Gasteiger partial charge is 0.522 e. The minimum Gasteiger partial charge on any atom is -0.301 e. The molecule has 0 aromatic rings. The molecule has 2 nitrogen and oxygen atoms in total. The zero-order chi connectivity index (χ0) is 9.19. The summed E-state index contributed by atoms with van der Waals surface area (Å²) < 4.78 is 39.0. The quantitative estimate of drug-likeness (QED) is 0.645. The molecule has 0 bridgehead atoms. The summed E-state index contributed by atoms with van der Waals surface area (Å²) in [5.41, 5.74) is 0. The van der Waals surface area contributed by atoms with Crippen molar-refractivity contribution in [2.75, 3.05) is 19.6 Å². The maximum Gasteiger partial charge on any atom is 0.522 e. The van der Waals surface area contributed by atoms with E-state index in [-0.39, 0.29) is 0 Å². The number of likely N-dealkylation sites (tertiary alicyclic amines) is 1. The van der Waals surface area contributed by atoms with Crippen LogP contribution < -0.4 is 0 Å². The first-order valence-electron chi connectivity index (χ1n) is 3.98. The van der Waals surface area contributed by atoms with Gasteiger partial charge in [0.25, 0.3) is 0 Å². The highest BCUT2D eigenvalue weighted by molar-refractivity contribution is 4.75. The van der Waals surface area contributed by atoms with Gasteiger partial charge in [0.2, 0.25) is 0 Å². The molecule has 0 aromatic carbocycles. The van der Waals surface area contributed by atoms with Gasteiger partial charge in [-0.15, -0.1) is 13.2 Å². The molecule has 0 aromatic heterocycles. The van der Waals surface area contributed by atoms with Crippen LogP contribution in [0.15, 0.2) is 0 Å². The van der Waals surface area contributed by atoms with Gasteiger partial charge < -0.3 is 4.90 Å². The maximum atomic E-state index is 11.7. The lowest BCUT2D eigenvalue weighted by Crippen LogP contribution is -2.27. The van der Waals surface area contributed by atoms with Gasteiger partial charge in [0, 0.05) is 13.1 Å². The number of hydrogen-bond acceptors (Lipinski definition) is 2. The molecule has 0 spiro atoms. The van der Waals surface area contributed by atoms with E-state index in [9.17, 15) is 13.2 Å². The van der Waals surface area contributed by atoms with Crippen LogP contribution in [0.2, 0.25) is 0 Å². The molecule has 1 fully saturated rings. The normalized spacial score (nSPS) is 26.5. The Balaban J connectivity index is 2.28. The molecule has 1 unspecified atom stereocenters. The van der Waals surface area contributed by atoms with Crippen molar-refractivity contribution in [2.45, 2.75) is 25.8 Å². The van der Waals surface area contributed by atoms with Gasteiger partial charge in [0.15, 0.2) is 0 Å². The second kappa shape index (κ2) is 3.62. The Labute approximate surface area is 69.3 Å². The summed E-state index contributed by atoms with van der Waals surface area (Å²) in [6.07, 6.45) is -4.66. The Kier molecular flexibility index (Phi) is 2.95. The van der Waals surface area contributed by atoms with Crippen LogP contribution in [0.5, 0.6) is 0 Å². The summed E-state index contributed by atoms with van der Waals surface area (Å²) in [4.78, 5) is 1.94. The molecule has 1 atom stereocenters. The van der Waals surface area contributed by atoms with Crippen LogP contribution in [0.25, 0.3) is 0 Å². The molecule has 0 N–H and O–H groups in total. The Morgan fingerprint density at radius 1 is 1.50 bits per heavy atom. The number of hydrogen-bond donors (Lipinski definition) is 0. The highest BCUT2D eigenvalue weighted by Crippen LogP contribution is 2.23. The van der Waals surface area contributed by atoms with E-state index in [1.165, 1.54) is 0 Å². The number of nitrogens with zero attached hydrogens (tertiary/aromatic N) is 1. The van der Waals surface area contributed by atoms with Gasteiger partial charge in [-0.05, 0) is 13.0 Å². The molecule has 0 amide bonds. The van der Waals surface area contributed by atoms with E-state index in [2.05, 4.69) is 4.74 Å². The molecule has 1 heterocycles. The Morgan fingerprint density at radius 2 is 2.17 bits per heavy atom. The summed E-state index contributed by atoms with van der Waals surface area (Å²) in [7, 11) is 0. The third-order valence-corrected chi connectivity index (χ3v) is 1.98. The van der Waals surface area contributed by atoms with Gasteiger partial charge in [-0.3, -0.25) is 4.74 Å². The van der Waals surface area contributed by atoms with Crippen LogP contribution in [0.1, 0.15) is 13.3 Å². The second-order valence-corrected chi connectivity index (χ2v) is 2.87. The first-order valence-corrected chi connectivity index (χ1v) is 3.98. The van der Waals surface area contributed by atoms with Crippen molar-refractivity contribution < 1.29 is 17.9 Å². The topological polar surface area (TPSA) is 12.5 Å². The predicted octanol–water partition coefficient (Wildman–Crippen LogP) is 1.62. The molecule has 1 saturated heterocycles. The van der Waals surface area contributed by atoms with E-state index in [0.29, 0.717) is 19.5 Å². The van der Waals surface area contributed by atoms with Crippen LogP contribution in [0, 0.1) is 0 Å². The van der Waals surface area contributed by atoms with Crippen molar-refractivity contribution in [3.63, 3.8) is 0 Å². The van der Waals surface area contributed by atoms with E-state index in [0.717, 1.165) is 6.54 Å². The number of likely N-dealkylation sites (N-methyl/N-ethyl adjacent to an activating group) is 1. The summed E-state index contributed by atoms with van der Waals surface area (Å²) in [6.45, 7) is 3.82. The fourth-order valence-corrected chi connectivity index (χ4v) is 1.37. The number of alkyl halides is 3. The zero-order valence-corrected chi connectivity index (χ0v) is 6.90. The van der Waals surface area contributed by atoms with E-state index in [1.807, 2.05) is 11.8 Å². The zero-order valence-electron chi connectivity index (χ0n) is 6.90. The van der Waals surface area contributed by atoms with Crippen molar-refractivity contribution in [1.82, 2.24) is 4.90 Å². The van der Waals surface area contributed by atoms with Crippen molar-refractivity contribution in [3.05, 3.63) is 0 Å². The van der Waals surface area contributed by atoms with E-state index < -0.39 is 12.5 Å². The van der Waals surface area contributed by atoms with Gasteiger partial charge in [0.1, 0.15) is 0 Å². The fraction of sp³-hybridized carbons (Fsp3) is 1.00. The summed E-state index contributed by atoms with van der Waals surface area (Å²) >= 11 is 0. The lowest BCUT2D eigenvalue weighted by Gasteiger charge is -2.15. The Morgan fingerprint density at radius 3 is 2.58 bits per heavy atom. The van der Waals surface area contributed by atoms with Crippen LogP contribution >= 0.6 is 0 Å². The average Bonchev–Trinajstić information content (AvgIpc) is 2.32. The lowest BCUT2D eigenvalue weighted by molar-refractivity contribution is -0.340. The van der Waals surface area contributed by atoms with Crippen molar-refractivity contribution in [2.24, 2.45) is 0 Å². The molecule has 0 radical (unpaired) electrons. The first-order chi connectivity index (χ1) is 5.51. The highest BCUT2D eigenvalue weighted by Gasteiger charge is 2.36. The highest BCUT2D eigenvalue weighted by atomic mass is 19.4. The van der Waals surface area contributed by atoms with Crippen LogP contribution in [-0.2, 0) is 4.74 Å². The molecule has 72 valence electrons. The monoisotopic (exact) mass is 183 g/mol. The van der Waals surface area contributed by atoms with Crippen LogP contribution in [0.4, 0.5) is 13.2 Å². The summed E-state index contributed by atoms with van der Waals surface area (Å²) in [5.74, 6) is 0. The number of halogens is 3. The minimum atomic E-state index is -4.48. The lowest BCUT2D eigenvalue weighted by atomic mass is 10.3. The molecular formula is C7H12F3NO. The predicted molar refractivity (Wildman–Crippen MR) is 37.7 cm³/mol. The van der Waals surface area contributed by atoms with Gasteiger partial charge in [-0.2, -0.15) is 0 Å². The second-order valence-electron chi connectivity index (χ2n) is 2.87. The third-order valence-electron chi connectivity index (χ3n) is 1.98. The SMILES string of the molecule is CCN1CCC(OC(F)(F)F)C1. The summed E-state index contributed by atoms with van der Waals surface area (Å²) in [6, 6.07) is 0. The molecule has 1 aliphatic rings. The maximum absolute atomic E-state index is 11.7. The number of ether oxygens (including phenoxy) is 1. The summed E-state index contributed by atoms with van der Waals surface area (Å²) in [5, 5.41) is 0. The van der Waals surface area contributed by atoms with Crippen molar-refractivity contribution in [3.8, 4) is 0 Å². The molecule has 0 saturated carbocycles. The van der Waals surface area contributed by atoms with Crippen LogP contribution in [-0.4, -0.2) is 37.0 Å². The number of rotatable bonds is 2. The smallest absolute Gasteiger partial charge is 0.301 e. The van der Waals surface area contributed by atoms with E-state index >= 15 is 0 Å². The van der Waals surface area contributed by atoms with Gasteiger partial charge in [0.05, 0.1) is 6.10 Å². The third kappa shape index (κ3) is 2.98. The first kappa shape index (κ1) is 9.80. The van der Waals surface area contributed by atoms with Crippen molar-refractivity contribution >= 4 is 0 Å². The Hall–Kier alpha value is -0.290. The van der Waals surface area contributed by atoms with Crippen LogP contribution in [0.3, 0.4) is 0 Å². The van der Waals surface area contributed by atoms with E-state index in [1.54, 1.807) is 0 Å². The fourth-order valence-electron chi connectivity index (χ4n) is 1.37. The van der Waals surface area contributed by atoms with Gasteiger partial charge >= 0.3 is 6.36 Å². The Bertz CT molecular complexity index is 148. The van der Waals surface area contributed by atoms with Gasteiger partial charge in [-0.1, -0.05) is 6.92 Å². The molecule has 12 heavy (non-hydrogen) atoms. The van der Waals surface area contributed by atoms with Crippen molar-refractivity contribution in [1.29, 1.82) is 0 Å². The van der Waals surface area contributed by atoms with E-state index in [4.69, 9.17) is 0 Å². The van der Waals surface area contributed by atoms with Gasteiger partial charge in [-0.25, -0.2) is 0 Å². The molecule has 1 aliphatic heterocycles. The standard InChI is InChI=1S/C7H12F3NO/c1-2-11-4-3-6(5-11)12-7(8,9)10/h6H,2-5H2,1H3. The molecule has 1 rings (SSSR count). The minimum absolute atomic E-state index is 0.399. The molecule has 0 aliphatic carbocycles. The molecule has 5 heteroatoms. The molecular weight excluding hydrogens is 171 g/mol. The average molecular weight is 183 g/mol.